The van der Waals surface area contributed by atoms with E-state index in [9.17, 15) is 4.79 Å². The van der Waals surface area contributed by atoms with E-state index in [1.807, 2.05) is 45.0 Å². The summed E-state index contributed by atoms with van der Waals surface area (Å²) in [6, 6.07) is 7.43. The molecule has 0 aromatic heterocycles. The third kappa shape index (κ3) is 7.55. The highest BCUT2D eigenvalue weighted by molar-refractivity contribution is 7.99. The van der Waals surface area contributed by atoms with E-state index in [1.165, 1.54) is 0 Å². The molecule has 0 saturated carbocycles. The summed E-state index contributed by atoms with van der Waals surface area (Å²) >= 11 is 7.96. The van der Waals surface area contributed by atoms with Crippen molar-refractivity contribution < 1.29 is 14.0 Å². The number of amides is 1. The van der Waals surface area contributed by atoms with Crippen LogP contribution in [-0.4, -0.2) is 55.9 Å². The SMILES string of the molecule is CC(C)(C)OC(=O)N1C[C@H](O[Si](C)(C)C(C)(C)C)C(CN=[N+]=[N-])[C@H]1CSc1ccccc1Cl. The number of hydrogen-bond donors (Lipinski definition) is 0. The molecule has 3 atom stereocenters. The lowest BCUT2D eigenvalue weighted by Crippen LogP contribution is -2.46. The van der Waals surface area contributed by atoms with Crippen LogP contribution in [0.2, 0.25) is 23.2 Å². The number of thioether (sulfide) groups is 1. The molecule has 0 spiro atoms. The quantitative estimate of drug-likeness (QED) is 0.125. The van der Waals surface area contributed by atoms with E-state index in [1.54, 1.807) is 16.7 Å². The van der Waals surface area contributed by atoms with Crippen LogP contribution < -0.4 is 0 Å². The molecular weight excluding hydrogens is 476 g/mol. The van der Waals surface area contributed by atoms with E-state index in [0.717, 1.165) is 4.90 Å². The van der Waals surface area contributed by atoms with Crippen molar-refractivity contribution in [3.63, 3.8) is 0 Å². The van der Waals surface area contributed by atoms with Crippen LogP contribution in [0.3, 0.4) is 0 Å². The Morgan fingerprint density at radius 1 is 1.27 bits per heavy atom. The van der Waals surface area contributed by atoms with E-state index in [4.69, 9.17) is 26.3 Å². The van der Waals surface area contributed by atoms with Gasteiger partial charge in [0.05, 0.1) is 11.1 Å². The van der Waals surface area contributed by atoms with E-state index in [0.29, 0.717) is 17.3 Å². The summed E-state index contributed by atoms with van der Waals surface area (Å²) in [5.41, 5.74) is 8.42. The van der Waals surface area contributed by atoms with Crippen LogP contribution in [-0.2, 0) is 9.16 Å². The standard InChI is InChI=1S/C23H37ClN4O3SSi/c1-22(2,3)30-21(29)28-14-19(31-33(7,8)23(4,5)6)16(13-26-27-25)18(28)15-32-20-12-10-9-11-17(20)24/h9-12,16,18-19H,13-15H2,1-8H3/t16?,18-,19+/m1/s1. The number of benzene rings is 1. The summed E-state index contributed by atoms with van der Waals surface area (Å²) in [5.74, 6) is 0.448. The molecule has 1 amide bonds. The number of carbonyl (C=O) groups excluding carboxylic acids is 1. The first-order valence-corrected chi connectivity index (χ1v) is 15.5. The molecule has 0 radical (unpaired) electrons. The summed E-state index contributed by atoms with van der Waals surface area (Å²) in [7, 11) is -2.13. The Bertz CT molecular complexity index is 881. The van der Waals surface area contributed by atoms with Gasteiger partial charge in [-0.2, -0.15) is 0 Å². The minimum absolute atomic E-state index is 0.0111. The second kappa shape index (κ2) is 10.9. The van der Waals surface area contributed by atoms with Crippen LogP contribution in [0, 0.1) is 5.92 Å². The van der Waals surface area contributed by atoms with Gasteiger partial charge in [0.15, 0.2) is 8.32 Å². The van der Waals surface area contributed by atoms with Crippen LogP contribution in [0.15, 0.2) is 34.3 Å². The molecule has 1 unspecified atom stereocenters. The van der Waals surface area contributed by atoms with Gasteiger partial charge in [-0.05, 0) is 56.6 Å². The van der Waals surface area contributed by atoms with Crippen molar-refractivity contribution in [1.82, 2.24) is 4.90 Å². The fraction of sp³-hybridized carbons (Fsp3) is 0.696. The second-order valence-corrected chi connectivity index (χ2v) is 17.2. The highest BCUT2D eigenvalue weighted by atomic mass is 35.5. The topological polar surface area (TPSA) is 87.5 Å². The van der Waals surface area contributed by atoms with Crippen LogP contribution in [0.25, 0.3) is 10.4 Å². The molecule has 184 valence electrons. The lowest BCUT2D eigenvalue weighted by molar-refractivity contribution is 0.0219. The minimum Gasteiger partial charge on any atom is -0.444 e. The van der Waals surface area contributed by atoms with Crippen molar-refractivity contribution in [3.05, 3.63) is 39.7 Å². The van der Waals surface area contributed by atoms with Gasteiger partial charge < -0.3 is 14.1 Å². The number of ether oxygens (including phenoxy) is 1. The van der Waals surface area contributed by atoms with Crippen LogP contribution >= 0.6 is 23.4 Å². The molecule has 1 aromatic carbocycles. The highest BCUT2D eigenvalue weighted by Crippen LogP contribution is 2.41. The summed E-state index contributed by atoms with van der Waals surface area (Å²) in [6.45, 7) is 17.2. The maximum Gasteiger partial charge on any atom is 0.410 e. The Hall–Kier alpha value is -1.38. The first-order valence-electron chi connectivity index (χ1n) is 11.2. The first-order chi connectivity index (χ1) is 15.2. The van der Waals surface area contributed by atoms with Crippen molar-refractivity contribution in [3.8, 4) is 0 Å². The summed E-state index contributed by atoms with van der Waals surface area (Å²) in [4.78, 5) is 18.9. The predicted octanol–water partition coefficient (Wildman–Crippen LogP) is 7.37. The largest absolute Gasteiger partial charge is 0.444 e. The van der Waals surface area contributed by atoms with Crippen molar-refractivity contribution in [2.24, 2.45) is 11.0 Å². The van der Waals surface area contributed by atoms with Crippen molar-refractivity contribution >= 4 is 37.8 Å². The molecule has 0 bridgehead atoms. The van der Waals surface area contributed by atoms with Crippen LogP contribution in [0.4, 0.5) is 4.79 Å². The minimum atomic E-state index is -2.13. The number of rotatable bonds is 7. The molecule has 1 aromatic rings. The molecule has 0 aliphatic carbocycles. The fourth-order valence-corrected chi connectivity index (χ4v) is 6.29. The number of halogens is 1. The predicted molar refractivity (Wildman–Crippen MR) is 138 cm³/mol. The molecule has 1 heterocycles. The first kappa shape index (κ1) is 27.9. The fourth-order valence-electron chi connectivity index (χ4n) is 3.47. The number of hydrogen-bond acceptors (Lipinski definition) is 5. The van der Waals surface area contributed by atoms with Gasteiger partial charge in [0.2, 0.25) is 0 Å². The van der Waals surface area contributed by atoms with Gasteiger partial charge in [-0.25, -0.2) is 4.79 Å². The average Bonchev–Trinajstić information content (AvgIpc) is 3.00. The van der Waals surface area contributed by atoms with Gasteiger partial charge in [0, 0.05) is 40.6 Å². The van der Waals surface area contributed by atoms with Gasteiger partial charge in [0.25, 0.3) is 0 Å². The Morgan fingerprint density at radius 2 is 1.91 bits per heavy atom. The molecule has 1 aliphatic heterocycles. The second-order valence-electron chi connectivity index (χ2n) is 10.9. The Morgan fingerprint density at radius 3 is 2.45 bits per heavy atom. The lowest BCUT2D eigenvalue weighted by atomic mass is 10.00. The number of azide groups is 1. The third-order valence-electron chi connectivity index (χ3n) is 6.23. The molecule has 33 heavy (non-hydrogen) atoms. The van der Waals surface area contributed by atoms with Gasteiger partial charge in [-0.3, -0.25) is 0 Å². The molecule has 1 aliphatic rings. The molecular formula is C23H37ClN4O3SSi. The maximum absolute atomic E-state index is 13.2. The average molecular weight is 513 g/mol. The Kier molecular flexibility index (Phi) is 9.21. The van der Waals surface area contributed by atoms with Crippen LogP contribution in [0.1, 0.15) is 41.5 Å². The lowest BCUT2D eigenvalue weighted by Gasteiger charge is -2.39. The van der Waals surface area contributed by atoms with Gasteiger partial charge >= 0.3 is 6.09 Å². The molecule has 1 fully saturated rings. The summed E-state index contributed by atoms with van der Waals surface area (Å²) in [6.07, 6.45) is -0.611. The molecule has 10 heteroatoms. The number of carbonyl (C=O) groups is 1. The van der Waals surface area contributed by atoms with E-state index in [-0.39, 0.29) is 35.7 Å². The maximum atomic E-state index is 13.2. The number of likely N-dealkylation sites (tertiary alicyclic amines) is 1. The third-order valence-corrected chi connectivity index (χ3v) is 12.4. The van der Waals surface area contributed by atoms with Crippen molar-refractivity contribution in [1.29, 1.82) is 0 Å². The van der Waals surface area contributed by atoms with Crippen LogP contribution in [0.5, 0.6) is 0 Å². The summed E-state index contributed by atoms with van der Waals surface area (Å²) in [5, 5.41) is 4.57. The van der Waals surface area contributed by atoms with Gasteiger partial charge in [-0.15, -0.1) is 11.8 Å². The Labute approximate surface area is 208 Å². The van der Waals surface area contributed by atoms with Gasteiger partial charge in [-0.1, -0.05) is 49.6 Å². The normalized spacial score (nSPS) is 21.6. The van der Waals surface area contributed by atoms with Crippen molar-refractivity contribution in [2.75, 3.05) is 18.8 Å². The van der Waals surface area contributed by atoms with E-state index in [2.05, 4.69) is 43.9 Å². The molecule has 2 rings (SSSR count). The zero-order valence-electron chi connectivity index (χ0n) is 21.0. The monoisotopic (exact) mass is 512 g/mol. The number of nitrogens with zero attached hydrogens (tertiary/aromatic N) is 4. The molecule has 1 saturated heterocycles. The van der Waals surface area contributed by atoms with E-state index >= 15 is 0 Å². The highest BCUT2D eigenvalue weighted by Gasteiger charge is 2.49. The van der Waals surface area contributed by atoms with Gasteiger partial charge in [0.1, 0.15) is 5.60 Å². The molecule has 0 N–H and O–H groups in total. The van der Waals surface area contributed by atoms with E-state index < -0.39 is 13.9 Å². The zero-order chi connectivity index (χ0) is 25.0. The zero-order valence-corrected chi connectivity index (χ0v) is 23.5. The Balaban J connectivity index is 2.38. The summed E-state index contributed by atoms with van der Waals surface area (Å²) < 4.78 is 12.5. The van der Waals surface area contributed by atoms with Crippen molar-refractivity contribution in [2.45, 2.75) is 82.3 Å². The molecule has 7 nitrogen and oxygen atoms in total. The smallest absolute Gasteiger partial charge is 0.410 e.